The van der Waals surface area contributed by atoms with Crippen LogP contribution in [-0.2, 0) is 0 Å². The third-order valence-electron chi connectivity index (χ3n) is 3.94. The van der Waals surface area contributed by atoms with Crippen molar-refractivity contribution in [1.29, 1.82) is 0 Å². The van der Waals surface area contributed by atoms with Gasteiger partial charge < -0.3 is 5.32 Å². The Morgan fingerprint density at radius 3 is 1.96 bits per heavy atom. The van der Waals surface area contributed by atoms with Gasteiger partial charge in [0.05, 0.1) is 5.71 Å². The number of anilines is 1. The van der Waals surface area contributed by atoms with Gasteiger partial charge in [-0.1, -0.05) is 54.6 Å². The van der Waals surface area contributed by atoms with E-state index in [2.05, 4.69) is 83.1 Å². The lowest BCUT2D eigenvalue weighted by Gasteiger charge is -2.14. The Morgan fingerprint density at radius 1 is 0.783 bits per heavy atom. The molecule has 2 aromatic carbocycles. The van der Waals surface area contributed by atoms with Crippen LogP contribution in [0.15, 0.2) is 89.5 Å². The average Bonchev–Trinajstić information content (AvgIpc) is 2.64. The van der Waals surface area contributed by atoms with Crippen LogP contribution in [0.2, 0.25) is 0 Å². The van der Waals surface area contributed by atoms with Crippen molar-refractivity contribution in [2.75, 3.05) is 19.4 Å². The lowest BCUT2D eigenvalue weighted by atomic mass is 9.91. The van der Waals surface area contributed by atoms with Gasteiger partial charge in [0.1, 0.15) is 0 Å². The predicted octanol–water partition coefficient (Wildman–Crippen LogP) is 4.73. The molecule has 1 aliphatic rings. The van der Waals surface area contributed by atoms with Crippen LogP contribution in [0, 0.1) is 0 Å². The molecule has 0 bridgehead atoms. The molecule has 0 fully saturated rings. The summed E-state index contributed by atoms with van der Waals surface area (Å²) in [4.78, 5) is 4.22. The maximum absolute atomic E-state index is 4.22. The number of nitrogens with zero attached hydrogens (tertiary/aromatic N) is 1. The first kappa shape index (κ1) is 15.0. The van der Waals surface area contributed by atoms with Crippen LogP contribution in [-0.4, -0.2) is 19.8 Å². The van der Waals surface area contributed by atoms with Crippen molar-refractivity contribution in [1.82, 2.24) is 0 Å². The number of hydrogen-bond acceptors (Lipinski definition) is 2. The minimum atomic E-state index is 0.992. The Hall–Kier alpha value is -2.87. The number of nitrogens with one attached hydrogen (secondary N) is 1. The van der Waals surface area contributed by atoms with E-state index >= 15 is 0 Å². The van der Waals surface area contributed by atoms with E-state index in [9.17, 15) is 0 Å². The Labute approximate surface area is 137 Å². The van der Waals surface area contributed by atoms with E-state index < -0.39 is 0 Å². The quantitative estimate of drug-likeness (QED) is 0.871. The van der Waals surface area contributed by atoms with Crippen LogP contribution in [0.5, 0.6) is 0 Å². The minimum absolute atomic E-state index is 0.992. The molecule has 0 spiro atoms. The zero-order chi connectivity index (χ0) is 16.1. The second-order valence-electron chi connectivity index (χ2n) is 5.34. The fourth-order valence-electron chi connectivity index (χ4n) is 2.69. The third kappa shape index (κ3) is 3.32. The molecule has 0 aliphatic heterocycles. The Balaban J connectivity index is 2.13. The summed E-state index contributed by atoms with van der Waals surface area (Å²) in [6.07, 6.45) is 8.38. The number of allylic oxidation sites excluding steroid dienone is 5. The van der Waals surface area contributed by atoms with Crippen molar-refractivity contribution in [3.8, 4) is 0 Å². The fraction of sp³-hybridized carbons (Fsp3) is 0.0952. The Morgan fingerprint density at radius 2 is 1.39 bits per heavy atom. The summed E-state index contributed by atoms with van der Waals surface area (Å²) in [7, 11) is 3.75. The molecule has 1 N–H and O–H groups in total. The van der Waals surface area contributed by atoms with Gasteiger partial charge in [0.15, 0.2) is 0 Å². The van der Waals surface area contributed by atoms with Gasteiger partial charge in [0, 0.05) is 19.8 Å². The molecule has 0 atom stereocenters. The van der Waals surface area contributed by atoms with E-state index in [0.717, 1.165) is 11.4 Å². The number of rotatable bonds is 3. The van der Waals surface area contributed by atoms with Crippen LogP contribution in [0.1, 0.15) is 11.1 Å². The molecule has 0 unspecified atom stereocenters. The van der Waals surface area contributed by atoms with Gasteiger partial charge >= 0.3 is 0 Å². The van der Waals surface area contributed by atoms with E-state index in [1.807, 2.05) is 20.2 Å². The third-order valence-corrected chi connectivity index (χ3v) is 3.94. The molecule has 0 heterocycles. The normalized spacial score (nSPS) is 13.1. The summed E-state index contributed by atoms with van der Waals surface area (Å²) in [5.41, 5.74) is 6.95. The summed E-state index contributed by atoms with van der Waals surface area (Å²) in [6, 6.07) is 19.0. The highest BCUT2D eigenvalue weighted by Crippen LogP contribution is 2.30. The van der Waals surface area contributed by atoms with Crippen molar-refractivity contribution >= 4 is 17.0 Å². The molecule has 114 valence electrons. The molecule has 23 heavy (non-hydrogen) atoms. The largest absolute Gasteiger partial charge is 0.388 e. The van der Waals surface area contributed by atoms with Crippen molar-refractivity contribution in [3.05, 3.63) is 95.6 Å². The lowest BCUT2D eigenvalue weighted by molar-refractivity contribution is 1.44. The molecule has 2 nitrogen and oxygen atoms in total. The van der Waals surface area contributed by atoms with Crippen LogP contribution in [0.25, 0.3) is 5.57 Å². The zero-order valence-corrected chi connectivity index (χ0v) is 13.5. The van der Waals surface area contributed by atoms with Crippen molar-refractivity contribution < 1.29 is 0 Å². The summed E-state index contributed by atoms with van der Waals surface area (Å²) in [5.74, 6) is 0. The van der Waals surface area contributed by atoms with Crippen LogP contribution >= 0.6 is 0 Å². The van der Waals surface area contributed by atoms with Crippen molar-refractivity contribution in [3.63, 3.8) is 0 Å². The number of benzene rings is 2. The summed E-state index contributed by atoms with van der Waals surface area (Å²) in [5, 5.41) is 3.17. The number of hydrogen-bond donors (Lipinski definition) is 1. The standard InChI is InChI=1S/C21H20N2/c1-22-19-12-8-17(9-13-19)21(16-6-4-3-5-7-16)18-10-14-20(23-2)15-11-18/h3-15,22H,1-2H3. The molecule has 0 aromatic heterocycles. The second kappa shape index (κ2) is 6.93. The number of aliphatic imine (C=N–C) groups is 1. The van der Waals surface area contributed by atoms with Gasteiger partial charge in [0.25, 0.3) is 0 Å². The molecular formula is C21H20N2. The van der Waals surface area contributed by atoms with E-state index in [1.54, 1.807) is 0 Å². The smallest absolute Gasteiger partial charge is 0.0571 e. The van der Waals surface area contributed by atoms with Gasteiger partial charge in [-0.3, -0.25) is 4.99 Å². The van der Waals surface area contributed by atoms with Gasteiger partial charge in [-0.05, 0) is 46.6 Å². The fourth-order valence-corrected chi connectivity index (χ4v) is 2.69. The molecule has 2 heteroatoms. The highest BCUT2D eigenvalue weighted by atomic mass is 14.8. The predicted molar refractivity (Wildman–Crippen MR) is 100 cm³/mol. The van der Waals surface area contributed by atoms with Gasteiger partial charge in [-0.2, -0.15) is 0 Å². The van der Waals surface area contributed by atoms with Crippen LogP contribution in [0.3, 0.4) is 0 Å². The second-order valence-corrected chi connectivity index (χ2v) is 5.34. The Bertz CT molecular complexity index is 773. The first-order valence-corrected chi connectivity index (χ1v) is 7.72. The van der Waals surface area contributed by atoms with Crippen molar-refractivity contribution in [2.45, 2.75) is 0 Å². The highest BCUT2D eigenvalue weighted by Gasteiger charge is 2.10. The zero-order valence-electron chi connectivity index (χ0n) is 13.5. The highest BCUT2D eigenvalue weighted by molar-refractivity contribution is 6.07. The first-order valence-electron chi connectivity index (χ1n) is 7.72. The van der Waals surface area contributed by atoms with E-state index in [1.165, 1.54) is 22.3 Å². The topological polar surface area (TPSA) is 24.4 Å². The van der Waals surface area contributed by atoms with Crippen molar-refractivity contribution in [2.24, 2.45) is 4.99 Å². The first-order chi connectivity index (χ1) is 11.3. The lowest BCUT2D eigenvalue weighted by Crippen LogP contribution is -1.98. The maximum Gasteiger partial charge on any atom is 0.0571 e. The molecule has 1 aliphatic carbocycles. The van der Waals surface area contributed by atoms with Crippen LogP contribution < -0.4 is 5.32 Å². The SMILES string of the molecule is CN=C1C=CC(=C(c2ccccc2)c2ccc(NC)cc2)C=C1. The molecule has 0 saturated heterocycles. The van der Waals surface area contributed by atoms with Crippen LogP contribution in [0.4, 0.5) is 5.69 Å². The van der Waals surface area contributed by atoms with Gasteiger partial charge in [-0.25, -0.2) is 0 Å². The molecule has 3 rings (SSSR count). The molecule has 0 amide bonds. The molecule has 2 aromatic rings. The minimum Gasteiger partial charge on any atom is -0.388 e. The Kier molecular flexibility index (Phi) is 4.53. The summed E-state index contributed by atoms with van der Waals surface area (Å²) < 4.78 is 0. The molecular weight excluding hydrogens is 280 g/mol. The molecule has 0 saturated carbocycles. The summed E-state index contributed by atoms with van der Waals surface area (Å²) >= 11 is 0. The monoisotopic (exact) mass is 300 g/mol. The average molecular weight is 300 g/mol. The molecule has 0 radical (unpaired) electrons. The van der Waals surface area contributed by atoms with E-state index in [-0.39, 0.29) is 0 Å². The van der Waals surface area contributed by atoms with Gasteiger partial charge in [0.2, 0.25) is 0 Å². The van der Waals surface area contributed by atoms with E-state index in [0.29, 0.717) is 0 Å². The van der Waals surface area contributed by atoms with Gasteiger partial charge in [-0.15, -0.1) is 0 Å². The maximum atomic E-state index is 4.22. The summed E-state index contributed by atoms with van der Waals surface area (Å²) in [6.45, 7) is 0. The van der Waals surface area contributed by atoms with E-state index in [4.69, 9.17) is 0 Å².